The second-order valence-electron chi connectivity index (χ2n) is 5.79. The van der Waals surface area contributed by atoms with Gasteiger partial charge in [-0.15, -0.1) is 0 Å². The molecule has 0 amide bonds. The highest BCUT2D eigenvalue weighted by atomic mass is 32.1. The third-order valence-corrected chi connectivity index (χ3v) is 3.53. The zero-order valence-electron chi connectivity index (χ0n) is 12.1. The smallest absolute Gasteiger partial charge is 0.224 e. The van der Waals surface area contributed by atoms with Crippen molar-refractivity contribution in [2.45, 2.75) is 41.0 Å². The van der Waals surface area contributed by atoms with Crippen molar-refractivity contribution >= 4 is 23.6 Å². The Morgan fingerprint density at radius 3 is 2.28 bits per heavy atom. The van der Waals surface area contributed by atoms with Gasteiger partial charge in [-0.3, -0.25) is 4.79 Å². The first-order valence-electron chi connectivity index (χ1n) is 6.64. The van der Waals surface area contributed by atoms with E-state index in [1.54, 1.807) is 0 Å². The lowest BCUT2D eigenvalue weighted by Crippen LogP contribution is -2.33. The van der Waals surface area contributed by atoms with Gasteiger partial charge < -0.3 is 10.2 Å². The van der Waals surface area contributed by atoms with E-state index >= 15 is 0 Å². The van der Waals surface area contributed by atoms with Crippen LogP contribution in [0.3, 0.4) is 0 Å². The second-order valence-corrected chi connectivity index (χ2v) is 6.20. The maximum absolute atomic E-state index is 11.8. The average Bonchev–Trinajstić information content (AvgIpc) is 2.30. The summed E-state index contributed by atoms with van der Waals surface area (Å²) < 4.78 is 0.464. The zero-order valence-corrected chi connectivity index (χ0v) is 12.9. The first-order chi connectivity index (χ1) is 8.31. The predicted molar refractivity (Wildman–Crippen MR) is 84.2 cm³/mol. The molecule has 0 fully saturated rings. The fraction of sp³-hybridized carbons (Fsp3) is 0.714. The molecule has 0 atom stereocenters. The van der Waals surface area contributed by atoms with E-state index in [2.05, 4.69) is 44.8 Å². The molecule has 4 heteroatoms. The van der Waals surface area contributed by atoms with Crippen molar-refractivity contribution in [1.82, 2.24) is 0 Å². The maximum atomic E-state index is 11.8. The monoisotopic (exact) mass is 270 g/mol. The fourth-order valence-corrected chi connectivity index (χ4v) is 2.21. The summed E-state index contributed by atoms with van der Waals surface area (Å²) >= 11 is 5.13. The van der Waals surface area contributed by atoms with Crippen molar-refractivity contribution in [3.05, 3.63) is 14.7 Å². The van der Waals surface area contributed by atoms with Gasteiger partial charge in [-0.05, 0) is 25.7 Å². The van der Waals surface area contributed by atoms with Gasteiger partial charge in [-0.2, -0.15) is 0 Å². The van der Waals surface area contributed by atoms with E-state index in [1.807, 2.05) is 0 Å². The minimum Gasteiger partial charge on any atom is -0.382 e. The molecule has 0 heterocycles. The fourth-order valence-electron chi connectivity index (χ4n) is 1.95. The summed E-state index contributed by atoms with van der Waals surface area (Å²) in [5.41, 5.74) is 1.96. The van der Waals surface area contributed by atoms with E-state index in [9.17, 15) is 4.79 Å². The van der Waals surface area contributed by atoms with Crippen LogP contribution in [0.1, 0.15) is 42.5 Å². The molecule has 0 saturated carbocycles. The highest BCUT2D eigenvalue weighted by Crippen LogP contribution is 2.28. The largest absolute Gasteiger partial charge is 0.382 e. The van der Waals surface area contributed by atoms with Crippen molar-refractivity contribution in [2.24, 2.45) is 5.41 Å². The molecular formula is C14H26N2OS. The van der Waals surface area contributed by atoms with E-state index in [0.717, 1.165) is 37.4 Å². The predicted octanol–water partition coefficient (Wildman–Crippen LogP) is 3.59. The molecule has 0 aliphatic carbocycles. The van der Waals surface area contributed by atoms with Gasteiger partial charge in [0.15, 0.2) is 0 Å². The van der Waals surface area contributed by atoms with Crippen LogP contribution < -0.4 is 15.6 Å². The highest BCUT2D eigenvalue weighted by molar-refractivity contribution is 7.71. The van der Waals surface area contributed by atoms with Gasteiger partial charge in [0.25, 0.3) is 0 Å². The van der Waals surface area contributed by atoms with Crippen molar-refractivity contribution in [3.8, 4) is 0 Å². The Labute approximate surface area is 116 Å². The van der Waals surface area contributed by atoms with E-state index in [4.69, 9.17) is 12.2 Å². The summed E-state index contributed by atoms with van der Waals surface area (Å²) in [5.74, 6) is 0. The van der Waals surface area contributed by atoms with Crippen molar-refractivity contribution < 1.29 is 1.43 Å². The SMILES string of the molecule is CCN(CC)c1c(NCCC(C)(C)C)c(=S)c1=O.[HH]. The Balaban J connectivity index is 0.00000324. The maximum Gasteiger partial charge on any atom is 0.224 e. The van der Waals surface area contributed by atoms with Gasteiger partial charge in [-0.1, -0.05) is 33.0 Å². The van der Waals surface area contributed by atoms with Crippen molar-refractivity contribution in [1.29, 1.82) is 0 Å². The van der Waals surface area contributed by atoms with Gasteiger partial charge >= 0.3 is 0 Å². The van der Waals surface area contributed by atoms with Crippen molar-refractivity contribution in [3.63, 3.8) is 0 Å². The molecule has 1 N–H and O–H groups in total. The number of hydrogen-bond acceptors (Lipinski definition) is 4. The number of rotatable bonds is 6. The third-order valence-electron chi connectivity index (χ3n) is 3.14. The quantitative estimate of drug-likeness (QED) is 0.801. The molecule has 18 heavy (non-hydrogen) atoms. The molecular weight excluding hydrogens is 244 g/mol. The molecule has 1 aromatic rings. The normalized spacial score (nSPS) is 11.8. The van der Waals surface area contributed by atoms with Crippen molar-refractivity contribution in [2.75, 3.05) is 29.9 Å². The van der Waals surface area contributed by atoms with E-state index in [-0.39, 0.29) is 12.3 Å². The van der Waals surface area contributed by atoms with E-state index in [0.29, 0.717) is 4.51 Å². The van der Waals surface area contributed by atoms with Crippen LogP contribution in [0.15, 0.2) is 4.79 Å². The average molecular weight is 270 g/mol. The Morgan fingerprint density at radius 2 is 1.83 bits per heavy atom. The Hall–Kier alpha value is -0.900. The van der Waals surface area contributed by atoms with Crippen LogP contribution in [0.4, 0.5) is 11.4 Å². The first-order valence-corrected chi connectivity index (χ1v) is 7.04. The van der Waals surface area contributed by atoms with Gasteiger partial charge in [0.05, 0.1) is 5.69 Å². The highest BCUT2D eigenvalue weighted by Gasteiger charge is 2.21. The molecule has 0 aromatic heterocycles. The molecule has 1 rings (SSSR count). The van der Waals surface area contributed by atoms with Gasteiger partial charge in [-0.25, -0.2) is 0 Å². The molecule has 104 valence electrons. The lowest BCUT2D eigenvalue weighted by Gasteiger charge is -2.27. The molecule has 0 saturated heterocycles. The topological polar surface area (TPSA) is 32.3 Å². The summed E-state index contributed by atoms with van der Waals surface area (Å²) in [7, 11) is 0. The minimum atomic E-state index is 0. The molecule has 1 aromatic carbocycles. The molecule has 0 spiro atoms. The van der Waals surface area contributed by atoms with Crippen LogP contribution in [0.5, 0.6) is 0 Å². The summed E-state index contributed by atoms with van der Waals surface area (Å²) in [5, 5.41) is 3.33. The van der Waals surface area contributed by atoms with Crippen LogP contribution in [-0.2, 0) is 0 Å². The lowest BCUT2D eigenvalue weighted by molar-refractivity contribution is 0.389. The molecule has 0 unspecified atom stereocenters. The number of hydrogen-bond donors (Lipinski definition) is 1. The summed E-state index contributed by atoms with van der Waals surface area (Å²) in [6.45, 7) is 13.3. The Morgan fingerprint density at radius 1 is 1.28 bits per heavy atom. The van der Waals surface area contributed by atoms with Crippen LogP contribution in [0, 0.1) is 9.93 Å². The molecule has 0 aliphatic heterocycles. The third kappa shape index (κ3) is 3.31. The van der Waals surface area contributed by atoms with E-state index in [1.165, 1.54) is 0 Å². The number of nitrogens with one attached hydrogen (secondary N) is 1. The molecule has 3 nitrogen and oxygen atoms in total. The minimum absolute atomic E-state index is 0. The van der Waals surface area contributed by atoms with Crippen LogP contribution >= 0.6 is 12.2 Å². The summed E-state index contributed by atoms with van der Waals surface area (Å²) in [6.07, 6.45) is 1.05. The summed E-state index contributed by atoms with van der Waals surface area (Å²) in [4.78, 5) is 13.9. The molecule has 0 bridgehead atoms. The van der Waals surface area contributed by atoms with Crippen LogP contribution in [-0.4, -0.2) is 19.6 Å². The number of nitrogens with zero attached hydrogens (tertiary/aromatic N) is 1. The zero-order chi connectivity index (χ0) is 13.9. The van der Waals surface area contributed by atoms with Crippen LogP contribution in [0.25, 0.3) is 0 Å². The second kappa shape index (κ2) is 5.83. The lowest BCUT2D eigenvalue weighted by atomic mass is 9.92. The standard InChI is InChI=1S/C14H24N2OS.H2/c1-6-16(7-2)11-10(13(18)12(11)17)15-9-8-14(3,4)5;/h15H,6-9H2,1-5H3;1H. The van der Waals surface area contributed by atoms with E-state index < -0.39 is 0 Å². The number of anilines is 2. The summed E-state index contributed by atoms with van der Waals surface area (Å²) in [6, 6.07) is 0. The van der Waals surface area contributed by atoms with Gasteiger partial charge in [0.1, 0.15) is 10.2 Å². The van der Waals surface area contributed by atoms with Gasteiger partial charge in [0.2, 0.25) is 5.43 Å². The van der Waals surface area contributed by atoms with Crippen LogP contribution in [0.2, 0.25) is 0 Å². The first kappa shape index (κ1) is 15.2. The van der Waals surface area contributed by atoms with Gasteiger partial charge in [0, 0.05) is 21.1 Å². The molecule has 0 aliphatic rings. The Bertz CT molecular complexity index is 468. The Kier molecular flexibility index (Phi) is 4.91. The molecule has 0 radical (unpaired) electrons.